The molecule has 1 aromatic carbocycles. The molecule has 0 saturated carbocycles. The van der Waals surface area contributed by atoms with E-state index in [1.165, 1.54) is 12.1 Å². The maximum absolute atomic E-state index is 12.6. The van der Waals surface area contributed by atoms with Gasteiger partial charge < -0.3 is 9.80 Å². The third-order valence-electron chi connectivity index (χ3n) is 3.98. The number of piperazine rings is 1. The standard InChI is InChI=1S/C16H16ClF3N4/c1-11-10-14(22-15(17)21-11)24-8-6-23(7-9-24)13-4-2-12(3-5-13)16(18,19)20/h2-5,10H,6-9H2,1H3. The molecule has 0 aliphatic carbocycles. The number of anilines is 2. The number of alkyl halides is 3. The van der Waals surface area contributed by atoms with Gasteiger partial charge in [-0.15, -0.1) is 0 Å². The van der Waals surface area contributed by atoms with Crippen molar-refractivity contribution >= 4 is 23.1 Å². The van der Waals surface area contributed by atoms with Gasteiger partial charge in [-0.05, 0) is 42.8 Å². The minimum atomic E-state index is -4.30. The summed E-state index contributed by atoms with van der Waals surface area (Å²) < 4.78 is 37.9. The molecule has 0 N–H and O–H groups in total. The molecule has 0 bridgehead atoms. The van der Waals surface area contributed by atoms with Crippen LogP contribution in [0.25, 0.3) is 0 Å². The van der Waals surface area contributed by atoms with Crippen molar-refractivity contribution in [2.75, 3.05) is 36.0 Å². The highest BCUT2D eigenvalue weighted by Crippen LogP contribution is 2.30. The van der Waals surface area contributed by atoms with E-state index in [2.05, 4.69) is 19.8 Å². The second-order valence-corrected chi connectivity index (χ2v) is 5.99. The lowest BCUT2D eigenvalue weighted by Gasteiger charge is -2.36. The monoisotopic (exact) mass is 356 g/mol. The zero-order valence-electron chi connectivity index (χ0n) is 13.0. The minimum Gasteiger partial charge on any atom is -0.368 e. The molecule has 1 saturated heterocycles. The Morgan fingerprint density at radius 2 is 1.54 bits per heavy atom. The Bertz CT molecular complexity index is 690. The van der Waals surface area contributed by atoms with E-state index < -0.39 is 11.7 Å². The van der Waals surface area contributed by atoms with Crippen molar-refractivity contribution in [3.63, 3.8) is 0 Å². The van der Waals surface area contributed by atoms with Crippen molar-refractivity contribution in [3.05, 3.63) is 46.9 Å². The number of hydrogen-bond acceptors (Lipinski definition) is 4. The first-order chi connectivity index (χ1) is 11.3. The second kappa shape index (κ2) is 6.47. The Hall–Kier alpha value is -2.02. The number of rotatable bonds is 2. The van der Waals surface area contributed by atoms with Crippen LogP contribution in [0.3, 0.4) is 0 Å². The summed E-state index contributed by atoms with van der Waals surface area (Å²) in [5.74, 6) is 0.777. The lowest BCUT2D eigenvalue weighted by molar-refractivity contribution is -0.137. The van der Waals surface area contributed by atoms with Gasteiger partial charge in [0, 0.05) is 43.6 Å². The molecule has 1 fully saturated rings. The van der Waals surface area contributed by atoms with Crippen molar-refractivity contribution in [1.82, 2.24) is 9.97 Å². The third-order valence-corrected chi connectivity index (χ3v) is 4.15. The number of nitrogens with zero attached hydrogens (tertiary/aromatic N) is 4. The van der Waals surface area contributed by atoms with E-state index in [1.54, 1.807) is 0 Å². The molecule has 2 heterocycles. The van der Waals surface area contributed by atoms with Gasteiger partial charge in [0.05, 0.1) is 5.56 Å². The predicted molar refractivity (Wildman–Crippen MR) is 87.6 cm³/mol. The largest absolute Gasteiger partial charge is 0.416 e. The van der Waals surface area contributed by atoms with Gasteiger partial charge in [-0.3, -0.25) is 0 Å². The molecule has 0 atom stereocenters. The lowest BCUT2D eigenvalue weighted by atomic mass is 10.1. The topological polar surface area (TPSA) is 32.3 Å². The van der Waals surface area contributed by atoms with E-state index in [0.717, 1.165) is 29.3 Å². The Morgan fingerprint density at radius 1 is 0.958 bits per heavy atom. The lowest BCUT2D eigenvalue weighted by Crippen LogP contribution is -2.46. The molecule has 2 aromatic rings. The van der Waals surface area contributed by atoms with Crippen LogP contribution in [-0.4, -0.2) is 36.1 Å². The highest BCUT2D eigenvalue weighted by molar-refractivity contribution is 6.28. The van der Waals surface area contributed by atoms with Crippen molar-refractivity contribution < 1.29 is 13.2 Å². The zero-order chi connectivity index (χ0) is 17.3. The Labute approximate surface area is 142 Å². The van der Waals surface area contributed by atoms with Crippen molar-refractivity contribution in [2.24, 2.45) is 0 Å². The molecule has 1 aromatic heterocycles. The van der Waals surface area contributed by atoms with E-state index in [1.807, 2.05) is 13.0 Å². The molecule has 0 radical (unpaired) electrons. The molecule has 128 valence electrons. The van der Waals surface area contributed by atoms with Gasteiger partial charge >= 0.3 is 6.18 Å². The average molecular weight is 357 g/mol. The molecule has 1 aliphatic heterocycles. The van der Waals surface area contributed by atoms with E-state index in [4.69, 9.17) is 11.6 Å². The normalized spacial score (nSPS) is 15.7. The van der Waals surface area contributed by atoms with Crippen molar-refractivity contribution in [2.45, 2.75) is 13.1 Å². The van der Waals surface area contributed by atoms with Gasteiger partial charge in [-0.2, -0.15) is 13.2 Å². The highest BCUT2D eigenvalue weighted by atomic mass is 35.5. The van der Waals surface area contributed by atoms with Crippen LogP contribution in [0.5, 0.6) is 0 Å². The van der Waals surface area contributed by atoms with Crippen LogP contribution in [0, 0.1) is 6.92 Å². The number of halogens is 4. The molecule has 4 nitrogen and oxygen atoms in total. The molecular formula is C16H16ClF3N4. The smallest absolute Gasteiger partial charge is 0.368 e. The Balaban J connectivity index is 1.66. The van der Waals surface area contributed by atoms with Crippen molar-refractivity contribution in [3.8, 4) is 0 Å². The minimum absolute atomic E-state index is 0.218. The molecule has 24 heavy (non-hydrogen) atoms. The van der Waals surface area contributed by atoms with Crippen LogP contribution in [0.4, 0.5) is 24.7 Å². The number of aryl methyl sites for hydroxylation is 1. The summed E-state index contributed by atoms with van der Waals surface area (Å²) in [7, 11) is 0. The maximum atomic E-state index is 12.6. The number of benzene rings is 1. The quantitative estimate of drug-likeness (QED) is 0.766. The fourth-order valence-corrected chi connectivity index (χ4v) is 2.95. The van der Waals surface area contributed by atoms with Gasteiger partial charge in [-0.25, -0.2) is 9.97 Å². The molecule has 1 aliphatic rings. The molecule has 0 spiro atoms. The molecule has 3 rings (SSSR count). The van der Waals surface area contributed by atoms with Crippen molar-refractivity contribution in [1.29, 1.82) is 0 Å². The summed E-state index contributed by atoms with van der Waals surface area (Å²) >= 11 is 5.89. The van der Waals surface area contributed by atoms with E-state index >= 15 is 0 Å². The fraction of sp³-hybridized carbons (Fsp3) is 0.375. The first kappa shape index (κ1) is 16.8. The summed E-state index contributed by atoms with van der Waals surface area (Å²) in [5, 5.41) is 0.218. The van der Waals surface area contributed by atoms with E-state index in [9.17, 15) is 13.2 Å². The predicted octanol–water partition coefficient (Wildman–Crippen LogP) is 3.78. The maximum Gasteiger partial charge on any atom is 0.416 e. The Morgan fingerprint density at radius 3 is 2.08 bits per heavy atom. The second-order valence-electron chi connectivity index (χ2n) is 5.66. The molecule has 0 amide bonds. The first-order valence-corrected chi connectivity index (χ1v) is 7.89. The molecule has 0 unspecified atom stereocenters. The van der Waals surface area contributed by atoms with Gasteiger partial charge in [0.1, 0.15) is 5.82 Å². The van der Waals surface area contributed by atoms with Crippen LogP contribution >= 0.6 is 11.6 Å². The van der Waals surface area contributed by atoms with E-state index in [0.29, 0.717) is 26.2 Å². The average Bonchev–Trinajstić information content (AvgIpc) is 2.53. The summed E-state index contributed by atoms with van der Waals surface area (Å²) in [6, 6.07) is 7.15. The fourth-order valence-electron chi connectivity index (χ4n) is 2.73. The van der Waals surface area contributed by atoms with Crippen LogP contribution in [0.15, 0.2) is 30.3 Å². The van der Waals surface area contributed by atoms with Crippen LogP contribution < -0.4 is 9.80 Å². The summed E-state index contributed by atoms with van der Waals surface area (Å²) in [6.45, 7) is 4.69. The van der Waals surface area contributed by atoms with Crippen LogP contribution in [-0.2, 0) is 6.18 Å². The van der Waals surface area contributed by atoms with Gasteiger partial charge in [0.2, 0.25) is 5.28 Å². The summed E-state index contributed by atoms with van der Waals surface area (Å²) in [4.78, 5) is 12.4. The first-order valence-electron chi connectivity index (χ1n) is 7.51. The van der Waals surface area contributed by atoms with E-state index in [-0.39, 0.29) is 5.28 Å². The number of hydrogen-bond donors (Lipinski definition) is 0. The summed E-state index contributed by atoms with van der Waals surface area (Å²) in [5.41, 5.74) is 0.964. The zero-order valence-corrected chi connectivity index (χ0v) is 13.8. The third kappa shape index (κ3) is 3.72. The summed E-state index contributed by atoms with van der Waals surface area (Å²) in [6.07, 6.45) is -4.30. The van der Waals surface area contributed by atoms with Gasteiger partial charge in [0.15, 0.2) is 0 Å². The SMILES string of the molecule is Cc1cc(N2CCN(c3ccc(C(F)(F)F)cc3)CC2)nc(Cl)n1. The van der Waals surface area contributed by atoms with Crippen LogP contribution in [0.1, 0.15) is 11.3 Å². The molecule has 8 heteroatoms. The van der Waals surface area contributed by atoms with Crippen LogP contribution in [0.2, 0.25) is 5.28 Å². The van der Waals surface area contributed by atoms with Gasteiger partial charge in [-0.1, -0.05) is 0 Å². The van der Waals surface area contributed by atoms with Gasteiger partial charge in [0.25, 0.3) is 0 Å². The Kier molecular flexibility index (Phi) is 4.54. The highest BCUT2D eigenvalue weighted by Gasteiger charge is 2.30. The number of aromatic nitrogens is 2. The molecular weight excluding hydrogens is 341 g/mol.